The SMILES string of the molecule is COCCc1ccccc1NCC1CC1. The molecule has 1 fully saturated rings. The molecule has 0 heterocycles. The van der Waals surface area contributed by atoms with Crippen LogP contribution < -0.4 is 5.32 Å². The number of ether oxygens (including phenoxy) is 1. The van der Waals surface area contributed by atoms with Crippen LogP contribution >= 0.6 is 0 Å². The highest BCUT2D eigenvalue weighted by molar-refractivity contribution is 5.51. The first-order chi connectivity index (χ1) is 7.40. The van der Waals surface area contributed by atoms with E-state index in [0.717, 1.165) is 25.5 Å². The second-order valence-electron chi connectivity index (χ2n) is 4.22. The van der Waals surface area contributed by atoms with Gasteiger partial charge in [-0.3, -0.25) is 0 Å². The molecule has 1 aromatic carbocycles. The van der Waals surface area contributed by atoms with E-state index in [1.165, 1.54) is 24.1 Å². The van der Waals surface area contributed by atoms with Crippen LogP contribution in [0.25, 0.3) is 0 Å². The van der Waals surface area contributed by atoms with Crippen molar-refractivity contribution in [2.45, 2.75) is 19.3 Å². The van der Waals surface area contributed by atoms with E-state index in [1.807, 2.05) is 0 Å². The van der Waals surface area contributed by atoms with Crippen LogP contribution in [0.1, 0.15) is 18.4 Å². The lowest BCUT2D eigenvalue weighted by Gasteiger charge is -2.11. The first-order valence-electron chi connectivity index (χ1n) is 5.71. The van der Waals surface area contributed by atoms with E-state index in [0.29, 0.717) is 0 Å². The Balaban J connectivity index is 1.93. The minimum absolute atomic E-state index is 0.794. The van der Waals surface area contributed by atoms with Crippen LogP contribution in [-0.4, -0.2) is 20.3 Å². The average molecular weight is 205 g/mol. The first-order valence-corrected chi connectivity index (χ1v) is 5.71. The summed E-state index contributed by atoms with van der Waals surface area (Å²) in [4.78, 5) is 0. The molecule has 1 N–H and O–H groups in total. The molecule has 0 spiro atoms. The van der Waals surface area contributed by atoms with Gasteiger partial charge in [0, 0.05) is 19.3 Å². The van der Waals surface area contributed by atoms with Crippen molar-refractivity contribution in [3.63, 3.8) is 0 Å². The van der Waals surface area contributed by atoms with Gasteiger partial charge in [0.2, 0.25) is 0 Å². The van der Waals surface area contributed by atoms with Crippen LogP contribution in [-0.2, 0) is 11.2 Å². The lowest BCUT2D eigenvalue weighted by Crippen LogP contribution is -2.06. The molecule has 1 aliphatic carbocycles. The normalized spacial score (nSPS) is 15.3. The molecule has 82 valence electrons. The van der Waals surface area contributed by atoms with Gasteiger partial charge >= 0.3 is 0 Å². The Kier molecular flexibility index (Phi) is 3.62. The molecule has 0 radical (unpaired) electrons. The molecule has 1 aromatic rings. The van der Waals surface area contributed by atoms with Crippen molar-refractivity contribution in [2.75, 3.05) is 25.6 Å². The van der Waals surface area contributed by atoms with E-state index >= 15 is 0 Å². The van der Waals surface area contributed by atoms with Gasteiger partial charge in [-0.1, -0.05) is 18.2 Å². The Bertz CT molecular complexity index is 307. The maximum absolute atomic E-state index is 5.11. The van der Waals surface area contributed by atoms with E-state index in [1.54, 1.807) is 7.11 Å². The number of benzene rings is 1. The summed E-state index contributed by atoms with van der Waals surface area (Å²) >= 11 is 0. The Morgan fingerprint density at radius 3 is 2.87 bits per heavy atom. The molecule has 1 aliphatic rings. The monoisotopic (exact) mass is 205 g/mol. The predicted octanol–water partition coefficient (Wildman–Crippen LogP) is 2.70. The highest BCUT2D eigenvalue weighted by atomic mass is 16.5. The van der Waals surface area contributed by atoms with Crippen LogP contribution in [0, 0.1) is 5.92 Å². The molecule has 0 unspecified atom stereocenters. The zero-order chi connectivity index (χ0) is 10.5. The second-order valence-corrected chi connectivity index (χ2v) is 4.22. The van der Waals surface area contributed by atoms with Gasteiger partial charge in [0.05, 0.1) is 6.61 Å². The molecule has 2 nitrogen and oxygen atoms in total. The molecule has 0 amide bonds. The molecule has 2 rings (SSSR count). The minimum atomic E-state index is 0.794. The van der Waals surface area contributed by atoms with Crippen molar-refractivity contribution in [2.24, 2.45) is 5.92 Å². The lowest BCUT2D eigenvalue weighted by atomic mass is 10.1. The van der Waals surface area contributed by atoms with Gasteiger partial charge in [-0.25, -0.2) is 0 Å². The zero-order valence-electron chi connectivity index (χ0n) is 9.33. The second kappa shape index (κ2) is 5.17. The number of nitrogens with one attached hydrogen (secondary N) is 1. The van der Waals surface area contributed by atoms with E-state index in [4.69, 9.17) is 4.74 Å². The van der Waals surface area contributed by atoms with Crippen molar-refractivity contribution in [1.82, 2.24) is 0 Å². The Morgan fingerprint density at radius 2 is 2.13 bits per heavy atom. The van der Waals surface area contributed by atoms with Crippen LogP contribution in [0.3, 0.4) is 0 Å². The highest BCUT2D eigenvalue weighted by Gasteiger charge is 2.20. The maximum atomic E-state index is 5.11. The number of hydrogen-bond acceptors (Lipinski definition) is 2. The zero-order valence-corrected chi connectivity index (χ0v) is 9.33. The molecule has 15 heavy (non-hydrogen) atoms. The highest BCUT2D eigenvalue weighted by Crippen LogP contribution is 2.29. The summed E-state index contributed by atoms with van der Waals surface area (Å²) in [6.45, 7) is 1.92. The van der Waals surface area contributed by atoms with Crippen molar-refractivity contribution in [1.29, 1.82) is 0 Å². The van der Waals surface area contributed by atoms with Gasteiger partial charge in [0.15, 0.2) is 0 Å². The van der Waals surface area contributed by atoms with Crippen LogP contribution in [0.15, 0.2) is 24.3 Å². The molecule has 0 aromatic heterocycles. The van der Waals surface area contributed by atoms with E-state index in [9.17, 15) is 0 Å². The number of rotatable bonds is 6. The smallest absolute Gasteiger partial charge is 0.0503 e. The quantitative estimate of drug-likeness (QED) is 0.771. The summed E-state index contributed by atoms with van der Waals surface area (Å²) in [5.74, 6) is 0.917. The van der Waals surface area contributed by atoms with Crippen LogP contribution in [0.2, 0.25) is 0 Å². The fourth-order valence-corrected chi connectivity index (χ4v) is 1.70. The Labute approximate surface area is 91.6 Å². The molecule has 0 saturated heterocycles. The minimum Gasteiger partial charge on any atom is -0.385 e. The van der Waals surface area contributed by atoms with Gasteiger partial charge in [0.1, 0.15) is 0 Å². The molecule has 2 heteroatoms. The third-order valence-corrected chi connectivity index (χ3v) is 2.87. The predicted molar refractivity (Wildman–Crippen MR) is 63.2 cm³/mol. The van der Waals surface area contributed by atoms with E-state index in [2.05, 4.69) is 29.6 Å². The molecule has 1 saturated carbocycles. The van der Waals surface area contributed by atoms with Gasteiger partial charge in [-0.2, -0.15) is 0 Å². The summed E-state index contributed by atoms with van der Waals surface area (Å²) < 4.78 is 5.11. The average Bonchev–Trinajstić information content (AvgIpc) is 3.08. The topological polar surface area (TPSA) is 21.3 Å². The first kappa shape index (κ1) is 10.5. The van der Waals surface area contributed by atoms with E-state index < -0.39 is 0 Å². The summed E-state index contributed by atoms with van der Waals surface area (Å²) in [5.41, 5.74) is 2.64. The largest absolute Gasteiger partial charge is 0.385 e. The molecular formula is C13H19NO. The summed E-state index contributed by atoms with van der Waals surface area (Å²) in [5, 5.41) is 3.53. The van der Waals surface area contributed by atoms with Gasteiger partial charge in [-0.05, 0) is 36.8 Å². The third-order valence-electron chi connectivity index (χ3n) is 2.87. The van der Waals surface area contributed by atoms with Gasteiger partial charge in [0.25, 0.3) is 0 Å². The van der Waals surface area contributed by atoms with Crippen molar-refractivity contribution >= 4 is 5.69 Å². The molecule has 0 atom stereocenters. The molecule has 0 aliphatic heterocycles. The molecule has 0 bridgehead atoms. The Hall–Kier alpha value is -1.02. The fourth-order valence-electron chi connectivity index (χ4n) is 1.70. The van der Waals surface area contributed by atoms with Gasteiger partial charge < -0.3 is 10.1 Å². The number of anilines is 1. The lowest BCUT2D eigenvalue weighted by molar-refractivity contribution is 0.202. The van der Waals surface area contributed by atoms with E-state index in [-0.39, 0.29) is 0 Å². The van der Waals surface area contributed by atoms with Crippen molar-refractivity contribution < 1.29 is 4.74 Å². The summed E-state index contributed by atoms with van der Waals surface area (Å²) in [6.07, 6.45) is 3.78. The maximum Gasteiger partial charge on any atom is 0.0503 e. The van der Waals surface area contributed by atoms with Crippen LogP contribution in [0.4, 0.5) is 5.69 Å². The number of methoxy groups -OCH3 is 1. The fraction of sp³-hybridized carbons (Fsp3) is 0.538. The summed E-state index contributed by atoms with van der Waals surface area (Å²) in [7, 11) is 1.75. The standard InChI is InChI=1S/C13H19NO/c1-15-9-8-12-4-2-3-5-13(12)14-10-11-6-7-11/h2-5,11,14H,6-10H2,1H3. The van der Waals surface area contributed by atoms with Gasteiger partial charge in [-0.15, -0.1) is 0 Å². The van der Waals surface area contributed by atoms with Crippen molar-refractivity contribution in [3.05, 3.63) is 29.8 Å². The number of hydrogen-bond donors (Lipinski definition) is 1. The van der Waals surface area contributed by atoms with Crippen molar-refractivity contribution in [3.8, 4) is 0 Å². The summed E-state index contributed by atoms with van der Waals surface area (Å²) in [6, 6.07) is 8.51. The Morgan fingerprint density at radius 1 is 1.33 bits per heavy atom. The molecular weight excluding hydrogens is 186 g/mol. The number of para-hydroxylation sites is 1. The third kappa shape index (κ3) is 3.24. The van der Waals surface area contributed by atoms with Crippen LogP contribution in [0.5, 0.6) is 0 Å².